The van der Waals surface area contributed by atoms with Gasteiger partial charge in [-0.1, -0.05) is 13.8 Å². The van der Waals surface area contributed by atoms with Gasteiger partial charge in [0.15, 0.2) is 6.23 Å². The van der Waals surface area contributed by atoms with Crippen LogP contribution in [0.4, 0.5) is 0 Å². The van der Waals surface area contributed by atoms with Gasteiger partial charge < -0.3 is 10.1 Å². The number of carbonyl (C=O) groups is 2. The van der Waals surface area contributed by atoms with Crippen molar-refractivity contribution in [2.24, 2.45) is 11.8 Å². The molecule has 0 unspecified atom stereocenters. The molecule has 1 aliphatic heterocycles. The highest BCUT2D eigenvalue weighted by molar-refractivity contribution is 5.85. The molecule has 1 rings (SSSR count). The molecular formula is C7H11NO3. The highest BCUT2D eigenvalue weighted by Crippen LogP contribution is 2.23. The van der Waals surface area contributed by atoms with Crippen molar-refractivity contribution in [3.63, 3.8) is 0 Å². The molecule has 4 nitrogen and oxygen atoms in total. The van der Waals surface area contributed by atoms with Crippen LogP contribution in [0.3, 0.4) is 0 Å². The molecule has 0 aromatic rings. The van der Waals surface area contributed by atoms with Crippen molar-refractivity contribution in [2.45, 2.75) is 20.1 Å². The Morgan fingerprint density at radius 1 is 1.64 bits per heavy atom. The van der Waals surface area contributed by atoms with Gasteiger partial charge in [0, 0.05) is 0 Å². The van der Waals surface area contributed by atoms with E-state index in [9.17, 15) is 9.59 Å². The zero-order valence-corrected chi connectivity index (χ0v) is 6.53. The van der Waals surface area contributed by atoms with Gasteiger partial charge in [0.2, 0.25) is 5.91 Å². The Balaban J connectivity index is 2.47. The lowest BCUT2D eigenvalue weighted by Crippen LogP contribution is -2.61. The number of amides is 1. The predicted molar refractivity (Wildman–Crippen MR) is 37.4 cm³/mol. The molecule has 1 saturated heterocycles. The molecule has 0 saturated carbocycles. The van der Waals surface area contributed by atoms with Crippen molar-refractivity contribution < 1.29 is 14.3 Å². The highest BCUT2D eigenvalue weighted by atomic mass is 16.5. The summed E-state index contributed by atoms with van der Waals surface area (Å²) in [6, 6.07) is 0. The maximum absolute atomic E-state index is 10.9. The second-order valence-electron chi connectivity index (χ2n) is 2.93. The fourth-order valence-electron chi connectivity index (χ4n) is 1.20. The van der Waals surface area contributed by atoms with Crippen LogP contribution in [0.1, 0.15) is 13.8 Å². The number of carbonyl (C=O) groups excluding carboxylic acids is 2. The lowest BCUT2D eigenvalue weighted by Gasteiger charge is -2.37. The Morgan fingerprint density at radius 3 is 2.64 bits per heavy atom. The molecule has 1 aliphatic rings. The van der Waals surface area contributed by atoms with E-state index in [-0.39, 0.29) is 17.7 Å². The first-order valence-electron chi connectivity index (χ1n) is 3.56. The summed E-state index contributed by atoms with van der Waals surface area (Å²) < 4.78 is 4.61. The molecule has 2 atom stereocenters. The minimum absolute atomic E-state index is 0.0353. The molecular weight excluding hydrogens is 146 g/mol. The minimum Gasteiger partial charge on any atom is -0.443 e. The number of hydrogen-bond acceptors (Lipinski definition) is 3. The lowest BCUT2D eigenvalue weighted by atomic mass is 9.87. The van der Waals surface area contributed by atoms with Crippen LogP contribution in [0.2, 0.25) is 0 Å². The van der Waals surface area contributed by atoms with Crippen LogP contribution < -0.4 is 5.32 Å². The van der Waals surface area contributed by atoms with Crippen LogP contribution in [-0.2, 0) is 14.3 Å². The fraction of sp³-hybridized carbons (Fsp3) is 0.714. The van der Waals surface area contributed by atoms with Gasteiger partial charge >= 0.3 is 0 Å². The molecule has 11 heavy (non-hydrogen) atoms. The summed E-state index contributed by atoms with van der Waals surface area (Å²) in [7, 11) is 0. The Bertz CT molecular complexity index is 177. The zero-order valence-electron chi connectivity index (χ0n) is 6.53. The maximum atomic E-state index is 10.9. The molecule has 0 aromatic heterocycles. The van der Waals surface area contributed by atoms with Crippen molar-refractivity contribution in [1.29, 1.82) is 0 Å². The van der Waals surface area contributed by atoms with E-state index in [1.165, 1.54) is 0 Å². The summed E-state index contributed by atoms with van der Waals surface area (Å²) in [5.74, 6) is 0.0146. The Hall–Kier alpha value is -1.06. The summed E-state index contributed by atoms with van der Waals surface area (Å²) in [5, 5.41) is 2.48. The highest BCUT2D eigenvalue weighted by Gasteiger charge is 2.42. The summed E-state index contributed by atoms with van der Waals surface area (Å²) >= 11 is 0. The summed E-state index contributed by atoms with van der Waals surface area (Å²) in [6.45, 7) is 4.20. The van der Waals surface area contributed by atoms with E-state index in [4.69, 9.17) is 0 Å². The molecule has 0 bridgehead atoms. The Labute approximate surface area is 64.9 Å². The number of β-lactam (4-membered cyclic amide) rings is 1. The third kappa shape index (κ3) is 1.34. The zero-order chi connectivity index (χ0) is 8.43. The second-order valence-corrected chi connectivity index (χ2v) is 2.93. The van der Waals surface area contributed by atoms with Crippen molar-refractivity contribution >= 4 is 12.4 Å². The van der Waals surface area contributed by atoms with E-state index < -0.39 is 6.23 Å². The SMILES string of the molecule is CC(C)[C@@H]1C(=O)N[C@@H]1OC=O. The molecule has 0 radical (unpaired) electrons. The normalized spacial score (nSPS) is 29.2. The van der Waals surface area contributed by atoms with Gasteiger partial charge in [-0.2, -0.15) is 0 Å². The van der Waals surface area contributed by atoms with Gasteiger partial charge in [0.1, 0.15) is 0 Å². The van der Waals surface area contributed by atoms with Crippen molar-refractivity contribution in [3.05, 3.63) is 0 Å². The van der Waals surface area contributed by atoms with Gasteiger partial charge in [-0.15, -0.1) is 0 Å². The van der Waals surface area contributed by atoms with Crippen molar-refractivity contribution in [1.82, 2.24) is 5.32 Å². The topological polar surface area (TPSA) is 55.4 Å². The standard InChI is InChI=1S/C7H11NO3/c1-4(2)5-6(10)8-7(5)11-3-9/h3-5,7H,1-2H3,(H,8,10)/t5-,7-/m1/s1. The van der Waals surface area contributed by atoms with E-state index in [1.807, 2.05) is 13.8 Å². The lowest BCUT2D eigenvalue weighted by molar-refractivity contribution is -0.162. The summed E-state index contributed by atoms with van der Waals surface area (Å²) in [6.07, 6.45) is -0.403. The number of ether oxygens (including phenoxy) is 1. The predicted octanol–water partition coefficient (Wildman–Crippen LogP) is -0.113. The van der Waals surface area contributed by atoms with Crippen molar-refractivity contribution in [2.75, 3.05) is 0 Å². The molecule has 1 fully saturated rings. The van der Waals surface area contributed by atoms with Crippen LogP contribution in [0, 0.1) is 11.8 Å². The first-order chi connectivity index (χ1) is 5.16. The average molecular weight is 157 g/mol. The molecule has 4 heteroatoms. The average Bonchev–Trinajstić information content (AvgIpc) is 1.85. The number of rotatable bonds is 3. The number of hydrogen-bond donors (Lipinski definition) is 1. The van der Waals surface area contributed by atoms with E-state index in [0.717, 1.165) is 0 Å². The van der Waals surface area contributed by atoms with Gasteiger partial charge in [-0.25, -0.2) is 0 Å². The van der Waals surface area contributed by atoms with E-state index in [2.05, 4.69) is 10.1 Å². The van der Waals surface area contributed by atoms with Gasteiger partial charge in [-0.3, -0.25) is 9.59 Å². The Kier molecular flexibility index (Phi) is 2.12. The van der Waals surface area contributed by atoms with Gasteiger partial charge in [0.05, 0.1) is 5.92 Å². The Morgan fingerprint density at radius 2 is 2.27 bits per heavy atom. The third-order valence-corrected chi connectivity index (χ3v) is 1.83. The monoisotopic (exact) mass is 157 g/mol. The molecule has 0 aromatic carbocycles. The molecule has 1 N–H and O–H groups in total. The van der Waals surface area contributed by atoms with Crippen LogP contribution in [0.15, 0.2) is 0 Å². The molecule has 1 heterocycles. The van der Waals surface area contributed by atoms with Crippen LogP contribution in [0.25, 0.3) is 0 Å². The second kappa shape index (κ2) is 2.90. The smallest absolute Gasteiger partial charge is 0.295 e. The van der Waals surface area contributed by atoms with E-state index >= 15 is 0 Å². The number of nitrogens with one attached hydrogen (secondary N) is 1. The van der Waals surface area contributed by atoms with Crippen LogP contribution in [-0.4, -0.2) is 18.6 Å². The summed E-state index contributed by atoms with van der Waals surface area (Å²) in [5.41, 5.74) is 0. The maximum Gasteiger partial charge on any atom is 0.295 e. The van der Waals surface area contributed by atoms with Gasteiger partial charge in [0.25, 0.3) is 6.47 Å². The molecule has 1 amide bonds. The fourth-order valence-corrected chi connectivity index (χ4v) is 1.20. The first-order valence-corrected chi connectivity index (χ1v) is 3.56. The summed E-state index contributed by atoms with van der Waals surface area (Å²) in [4.78, 5) is 20.8. The first kappa shape index (κ1) is 8.04. The van der Waals surface area contributed by atoms with E-state index in [0.29, 0.717) is 6.47 Å². The molecule has 0 aliphatic carbocycles. The quantitative estimate of drug-likeness (QED) is 0.459. The van der Waals surface area contributed by atoms with Crippen molar-refractivity contribution in [3.8, 4) is 0 Å². The van der Waals surface area contributed by atoms with Crippen LogP contribution in [0.5, 0.6) is 0 Å². The largest absolute Gasteiger partial charge is 0.443 e. The molecule has 62 valence electrons. The van der Waals surface area contributed by atoms with E-state index in [1.54, 1.807) is 0 Å². The third-order valence-electron chi connectivity index (χ3n) is 1.83. The van der Waals surface area contributed by atoms with Gasteiger partial charge in [-0.05, 0) is 5.92 Å². The van der Waals surface area contributed by atoms with Crippen LogP contribution >= 0.6 is 0 Å². The minimum atomic E-state index is -0.403. The molecule has 0 spiro atoms.